The molecule has 10 nitrogen and oxygen atoms in total. The lowest BCUT2D eigenvalue weighted by molar-refractivity contribution is -0.151. The lowest BCUT2D eigenvalue weighted by atomic mass is 9.97. The topological polar surface area (TPSA) is 146 Å². The van der Waals surface area contributed by atoms with E-state index in [9.17, 15) is 19.2 Å². The van der Waals surface area contributed by atoms with E-state index in [0.29, 0.717) is 24.3 Å². The Bertz CT molecular complexity index is 1340. The van der Waals surface area contributed by atoms with Crippen LogP contribution < -0.4 is 16.4 Å². The van der Waals surface area contributed by atoms with Crippen molar-refractivity contribution >= 4 is 35.5 Å². The lowest BCUT2D eigenvalue weighted by Gasteiger charge is -2.25. The molecule has 0 radical (unpaired) electrons. The number of primary amides is 1. The first kappa shape index (κ1) is 36.6. The molecule has 0 aromatic heterocycles. The van der Waals surface area contributed by atoms with Gasteiger partial charge in [0, 0.05) is 42.7 Å². The van der Waals surface area contributed by atoms with Crippen LogP contribution in [0.25, 0.3) is 0 Å². The van der Waals surface area contributed by atoms with Gasteiger partial charge < -0.3 is 30.6 Å². The van der Waals surface area contributed by atoms with Crippen LogP contribution in [0.15, 0.2) is 102 Å². The Morgan fingerprint density at radius 3 is 2.49 bits per heavy atom. The lowest BCUT2D eigenvalue weighted by Crippen LogP contribution is -2.46. The second-order valence-electron chi connectivity index (χ2n) is 10.4. The Balaban J connectivity index is 1.98. The van der Waals surface area contributed by atoms with E-state index in [2.05, 4.69) is 10.6 Å². The average molecular weight is 640 g/mol. The highest BCUT2D eigenvalue weighted by Crippen LogP contribution is 2.22. The fourth-order valence-corrected chi connectivity index (χ4v) is 4.45. The third kappa shape index (κ3) is 14.6. The van der Waals surface area contributed by atoms with Gasteiger partial charge in [0.2, 0.25) is 11.8 Å². The van der Waals surface area contributed by atoms with Crippen LogP contribution in [-0.4, -0.2) is 49.2 Å². The second-order valence-corrected chi connectivity index (χ2v) is 11.0. The number of carbonyl (C=O) groups is 4. The number of allylic oxidation sites excluding steroid dienone is 5. The zero-order chi connectivity index (χ0) is 33.2. The summed E-state index contributed by atoms with van der Waals surface area (Å²) in [6.07, 6.45) is 14.7. The molecular formula is C34H42ClN3O7. The van der Waals surface area contributed by atoms with Crippen LogP contribution in [-0.2, 0) is 35.0 Å². The Hall–Kier alpha value is -4.57. The van der Waals surface area contributed by atoms with Gasteiger partial charge >= 0.3 is 12.1 Å². The number of benzene rings is 1. The number of hydrogen-bond acceptors (Lipinski definition) is 7. The van der Waals surface area contributed by atoms with Crippen LogP contribution in [0.5, 0.6) is 0 Å². The number of hydrogen-bond donors (Lipinski definition) is 3. The Kier molecular flexibility index (Phi) is 16.0. The summed E-state index contributed by atoms with van der Waals surface area (Å²) in [5.41, 5.74) is 6.95. The van der Waals surface area contributed by atoms with E-state index in [1.54, 1.807) is 37.3 Å². The Morgan fingerprint density at radius 1 is 1.13 bits per heavy atom. The number of carbonyl (C=O) groups excluding carboxylic acids is 4. The average Bonchev–Trinajstić information content (AvgIpc) is 2.99. The highest BCUT2D eigenvalue weighted by Gasteiger charge is 2.27. The van der Waals surface area contributed by atoms with Crippen LogP contribution in [0.3, 0.4) is 0 Å². The molecule has 0 saturated carbocycles. The zero-order valence-electron chi connectivity index (χ0n) is 26.0. The van der Waals surface area contributed by atoms with E-state index in [-0.39, 0.29) is 24.2 Å². The first-order chi connectivity index (χ1) is 21.5. The van der Waals surface area contributed by atoms with Crippen LogP contribution in [0, 0.1) is 5.92 Å². The molecule has 0 bridgehead atoms. The maximum Gasteiger partial charge on any atom is 0.404 e. The number of esters is 1. The van der Waals surface area contributed by atoms with Gasteiger partial charge in [-0.25, -0.2) is 9.59 Å². The monoisotopic (exact) mass is 639 g/mol. The first-order valence-electron chi connectivity index (χ1n) is 14.5. The largest absolute Gasteiger partial charge is 0.490 e. The molecular weight excluding hydrogens is 598 g/mol. The smallest absolute Gasteiger partial charge is 0.404 e. The molecule has 4 atom stereocenters. The van der Waals surface area contributed by atoms with Crippen LogP contribution in [0.2, 0.25) is 0 Å². The highest BCUT2D eigenvalue weighted by molar-refractivity contribution is 6.29. The minimum absolute atomic E-state index is 0.0277. The summed E-state index contributed by atoms with van der Waals surface area (Å²) >= 11 is 5.86. The van der Waals surface area contributed by atoms with Gasteiger partial charge in [-0.15, -0.1) is 0 Å². The normalized spacial score (nSPS) is 17.8. The predicted octanol–water partition coefficient (Wildman–Crippen LogP) is 5.27. The third-order valence-corrected chi connectivity index (χ3v) is 6.80. The molecule has 1 aromatic carbocycles. The minimum atomic E-state index is -0.905. The molecule has 3 amide bonds. The van der Waals surface area contributed by atoms with E-state index in [1.807, 2.05) is 56.3 Å². The summed E-state index contributed by atoms with van der Waals surface area (Å²) in [5.74, 6) is -1.14. The Labute approximate surface area is 269 Å². The first-order valence-corrected chi connectivity index (χ1v) is 14.9. The molecule has 0 aliphatic carbocycles. The van der Waals surface area contributed by atoms with Crippen molar-refractivity contribution in [3.8, 4) is 0 Å². The molecule has 0 unspecified atom stereocenters. The second kappa shape index (κ2) is 19.7. The fourth-order valence-electron chi connectivity index (χ4n) is 4.36. The molecule has 242 valence electrons. The molecule has 0 fully saturated rings. The van der Waals surface area contributed by atoms with Gasteiger partial charge in [0.25, 0.3) is 0 Å². The zero-order valence-corrected chi connectivity index (χ0v) is 26.8. The van der Waals surface area contributed by atoms with Crippen molar-refractivity contribution in [3.63, 3.8) is 0 Å². The number of halogens is 1. The van der Waals surface area contributed by atoms with Crippen molar-refractivity contribution < 1.29 is 33.4 Å². The van der Waals surface area contributed by atoms with Gasteiger partial charge in [-0.1, -0.05) is 90.9 Å². The molecule has 4 N–H and O–H groups in total. The van der Waals surface area contributed by atoms with Crippen molar-refractivity contribution in [2.75, 3.05) is 7.11 Å². The summed E-state index contributed by atoms with van der Waals surface area (Å²) in [6, 6.07) is 8.47. The summed E-state index contributed by atoms with van der Waals surface area (Å²) in [4.78, 5) is 48.9. The standard InChI is InChI=1S/C34H42ClN3O7/c1-23(21-24(2)29-18-19-30(43-4)33(41)45-29)11-8-9-15-31(39)38-28(22-26-12-6-5-7-13-26)32(40)37-20-10-14-27(44-34(36)42)17-16-25(3)35/h5-13,15-16,19-21,24,27-29H,14,17-18,22H2,1-4H3,(H2,36,42)(H,37,40)(H,38,39)/b11-8-,15-9-,20-10-,23-21+,25-16+/t24-,27+,28-,29-/m0/s1. The number of nitrogens with one attached hydrogen (secondary N) is 2. The van der Waals surface area contributed by atoms with Crippen molar-refractivity contribution in [3.05, 3.63) is 107 Å². The Morgan fingerprint density at radius 2 is 1.84 bits per heavy atom. The summed E-state index contributed by atoms with van der Waals surface area (Å²) in [7, 11) is 1.43. The van der Waals surface area contributed by atoms with Crippen molar-refractivity contribution in [1.29, 1.82) is 0 Å². The number of amides is 3. The molecule has 1 aromatic rings. The summed E-state index contributed by atoms with van der Waals surface area (Å²) in [6.45, 7) is 5.58. The predicted molar refractivity (Wildman–Crippen MR) is 173 cm³/mol. The summed E-state index contributed by atoms with van der Waals surface area (Å²) < 4.78 is 15.5. The highest BCUT2D eigenvalue weighted by atomic mass is 35.5. The fraction of sp³-hybridized carbons (Fsp3) is 0.353. The number of methoxy groups -OCH3 is 1. The number of cyclic esters (lactones) is 1. The number of rotatable bonds is 16. The van der Waals surface area contributed by atoms with Crippen LogP contribution >= 0.6 is 11.6 Å². The van der Waals surface area contributed by atoms with Gasteiger partial charge in [0.05, 0.1) is 7.11 Å². The molecule has 1 heterocycles. The summed E-state index contributed by atoms with van der Waals surface area (Å²) in [5, 5.41) is 5.99. The van der Waals surface area contributed by atoms with Crippen molar-refractivity contribution in [1.82, 2.24) is 10.6 Å². The van der Waals surface area contributed by atoms with Crippen molar-refractivity contribution in [2.45, 2.75) is 64.7 Å². The molecule has 0 saturated heterocycles. The molecule has 45 heavy (non-hydrogen) atoms. The van der Waals surface area contributed by atoms with E-state index < -0.39 is 36.0 Å². The van der Waals surface area contributed by atoms with Crippen LogP contribution in [0.1, 0.15) is 45.6 Å². The minimum Gasteiger partial charge on any atom is -0.490 e. The maximum absolute atomic E-state index is 13.0. The van der Waals surface area contributed by atoms with Gasteiger partial charge in [0.1, 0.15) is 18.2 Å². The molecule has 0 spiro atoms. The van der Waals surface area contributed by atoms with E-state index >= 15 is 0 Å². The van der Waals surface area contributed by atoms with Gasteiger partial charge in [0.15, 0.2) is 5.76 Å². The van der Waals surface area contributed by atoms with Crippen molar-refractivity contribution in [2.24, 2.45) is 11.7 Å². The third-order valence-electron chi connectivity index (χ3n) is 6.65. The molecule has 1 aliphatic rings. The van der Waals surface area contributed by atoms with E-state index in [4.69, 9.17) is 31.5 Å². The van der Waals surface area contributed by atoms with Gasteiger partial charge in [-0.05, 0) is 31.7 Å². The molecule has 11 heteroatoms. The number of nitrogens with two attached hydrogens (primary N) is 1. The number of ether oxygens (including phenoxy) is 3. The molecule has 1 aliphatic heterocycles. The maximum atomic E-state index is 13.0. The SMILES string of the molecule is COC1=CC[C@@H]([C@@H](C)/C=C(C)/C=C\C=C/C(=O)N[C@@H](Cc2ccccc2)C(=O)N/C=C\C[C@H](C/C=C(\C)Cl)OC(N)=O)OC1=O. The van der Waals surface area contributed by atoms with E-state index in [0.717, 1.165) is 11.1 Å². The van der Waals surface area contributed by atoms with E-state index in [1.165, 1.54) is 19.4 Å². The van der Waals surface area contributed by atoms with Gasteiger partial charge in [-0.3, -0.25) is 9.59 Å². The van der Waals surface area contributed by atoms with Crippen LogP contribution in [0.4, 0.5) is 4.79 Å². The quantitative estimate of drug-likeness (QED) is 0.127. The molecule has 2 rings (SSSR count). The van der Waals surface area contributed by atoms with Gasteiger partial charge in [-0.2, -0.15) is 0 Å².